The average molecular weight is 1090 g/mol. The highest BCUT2D eigenvalue weighted by Crippen LogP contribution is 2.40. The van der Waals surface area contributed by atoms with Crippen LogP contribution in [0.15, 0.2) is 103 Å². The maximum Gasteiger partial charge on any atom is 0.320 e. The largest absolute Gasteiger partial charge is 0.497 e. The Morgan fingerprint density at radius 1 is 0.474 bits per heavy atom. The number of anilines is 2. The third kappa shape index (κ3) is 22.8. The quantitative estimate of drug-likeness (QED) is 0.0144. The molecule has 3 N–H and O–H groups in total. The fraction of sp³-hybridized carbons (Fsp3) is 0.443. The molecule has 428 valence electrons. The maximum atomic E-state index is 13.2. The number of unbranched alkanes of at least 4 members (excludes halogenated alkanes) is 4. The number of nitrogens with two attached hydrogens (primary N) is 1. The fourth-order valence-electron chi connectivity index (χ4n) is 7.15. The lowest BCUT2D eigenvalue weighted by molar-refractivity contribution is -0.162. The lowest BCUT2D eigenvalue weighted by atomic mass is 10.00. The van der Waals surface area contributed by atoms with E-state index >= 15 is 0 Å². The summed E-state index contributed by atoms with van der Waals surface area (Å²) in [5, 5.41) is 2.85. The van der Waals surface area contributed by atoms with Gasteiger partial charge in [0.2, 0.25) is 5.91 Å². The molecule has 0 radical (unpaired) electrons. The minimum Gasteiger partial charge on any atom is -0.497 e. The van der Waals surface area contributed by atoms with Crippen molar-refractivity contribution in [3.8, 4) is 57.5 Å². The molecule has 0 spiro atoms. The summed E-state index contributed by atoms with van der Waals surface area (Å²) in [6.07, 6.45) is 7.43. The monoisotopic (exact) mass is 1080 g/mol. The molecule has 1 amide bonds. The van der Waals surface area contributed by atoms with Crippen molar-refractivity contribution < 1.29 is 71.3 Å². The van der Waals surface area contributed by atoms with Gasteiger partial charge >= 0.3 is 17.9 Å². The molecule has 1 atom stereocenters. The maximum absolute atomic E-state index is 13.2. The zero-order valence-corrected chi connectivity index (χ0v) is 46.6. The van der Waals surface area contributed by atoms with Gasteiger partial charge in [-0.25, -0.2) is 0 Å². The molecular formula is C61H84N2O15. The summed E-state index contributed by atoms with van der Waals surface area (Å²) in [6, 6.07) is 30.9. The van der Waals surface area contributed by atoms with E-state index in [9.17, 15) is 19.2 Å². The summed E-state index contributed by atoms with van der Waals surface area (Å²) in [5.74, 6) is 1.86. The van der Waals surface area contributed by atoms with Crippen LogP contribution in [0, 0.1) is 11.8 Å². The number of hydrogen-bond acceptors (Lipinski definition) is 16. The highest BCUT2D eigenvalue weighted by Gasteiger charge is 2.30. The Hall–Kier alpha value is -7.82. The highest BCUT2D eigenvalue weighted by molar-refractivity contribution is 6.05. The van der Waals surface area contributed by atoms with E-state index < -0.39 is 35.7 Å². The summed E-state index contributed by atoms with van der Waals surface area (Å²) < 4.78 is 60.0. The summed E-state index contributed by atoms with van der Waals surface area (Å²) in [7, 11) is 6.27. The third-order valence-electron chi connectivity index (χ3n) is 11.4. The molecule has 1 unspecified atom stereocenters. The van der Waals surface area contributed by atoms with E-state index in [1.54, 1.807) is 109 Å². The number of carbonyl (C=O) groups excluding carboxylic acids is 4. The van der Waals surface area contributed by atoms with Crippen molar-refractivity contribution in [2.75, 3.05) is 65.9 Å². The van der Waals surface area contributed by atoms with Gasteiger partial charge in [-0.2, -0.15) is 0 Å². The highest BCUT2D eigenvalue weighted by atomic mass is 16.6. The van der Waals surface area contributed by atoms with Crippen molar-refractivity contribution in [3.63, 3.8) is 0 Å². The van der Waals surface area contributed by atoms with E-state index in [4.69, 9.17) is 57.8 Å². The van der Waals surface area contributed by atoms with Gasteiger partial charge in [0.1, 0.15) is 35.5 Å². The van der Waals surface area contributed by atoms with Gasteiger partial charge in [0.25, 0.3) is 0 Å². The molecule has 17 nitrogen and oxygen atoms in total. The molecule has 5 rings (SSSR count). The molecule has 0 aliphatic rings. The first-order chi connectivity index (χ1) is 37.3. The Balaban J connectivity index is 0.000000450. The van der Waals surface area contributed by atoms with E-state index in [0.29, 0.717) is 102 Å². The van der Waals surface area contributed by atoms with Crippen LogP contribution in [-0.4, -0.2) is 78.7 Å². The van der Waals surface area contributed by atoms with Crippen molar-refractivity contribution in [1.82, 2.24) is 0 Å². The van der Waals surface area contributed by atoms with Crippen LogP contribution in [0.2, 0.25) is 0 Å². The van der Waals surface area contributed by atoms with Gasteiger partial charge in [-0.15, -0.1) is 0 Å². The van der Waals surface area contributed by atoms with Gasteiger partial charge in [0.15, 0.2) is 40.4 Å². The zero-order chi connectivity index (χ0) is 56.4. The molecule has 5 aromatic rings. The Morgan fingerprint density at radius 2 is 0.949 bits per heavy atom. The normalized spacial score (nSPS) is 10.6. The topological polar surface area (TPSA) is 208 Å². The smallest absolute Gasteiger partial charge is 0.320 e. The van der Waals surface area contributed by atoms with Crippen molar-refractivity contribution >= 4 is 35.2 Å². The minimum absolute atomic E-state index is 0. The van der Waals surface area contributed by atoms with Crippen LogP contribution in [0.1, 0.15) is 112 Å². The van der Waals surface area contributed by atoms with E-state index in [0.717, 1.165) is 56.3 Å². The predicted molar refractivity (Wildman–Crippen MR) is 304 cm³/mol. The number of amides is 1. The molecule has 0 fully saturated rings. The van der Waals surface area contributed by atoms with Crippen LogP contribution in [0.4, 0.5) is 11.4 Å². The molecule has 0 aliphatic carbocycles. The minimum atomic E-state index is -0.915. The average Bonchev–Trinajstić information content (AvgIpc) is 3.44. The second-order valence-corrected chi connectivity index (χ2v) is 17.1. The SMILES string of the molecule is C.CCCCC(C(=O)OCC)C(=O)OCC.CCCCCC(C(=O)Nc1ccc(OC)cc1Oc1ccc(OCc2ccccc2)cc1OC)C(=O)OCC.CCCCOc1ccc(Oc2cc(OC)ccc2N)c(OC)c1. The number of ether oxygens (including phenoxy) is 11. The number of rotatable bonds is 30. The lowest BCUT2D eigenvalue weighted by Gasteiger charge is -2.19. The zero-order valence-electron chi connectivity index (χ0n) is 46.6. The Morgan fingerprint density at radius 3 is 1.47 bits per heavy atom. The van der Waals surface area contributed by atoms with Crippen molar-refractivity contribution in [2.45, 2.75) is 113 Å². The Labute approximate surface area is 462 Å². The first-order valence-electron chi connectivity index (χ1n) is 26.3. The molecule has 0 saturated carbocycles. The first-order valence-corrected chi connectivity index (χ1v) is 26.3. The summed E-state index contributed by atoms with van der Waals surface area (Å²) in [4.78, 5) is 48.6. The van der Waals surface area contributed by atoms with Gasteiger partial charge in [-0.1, -0.05) is 97.1 Å². The van der Waals surface area contributed by atoms with Crippen LogP contribution in [0.3, 0.4) is 0 Å². The molecule has 17 heteroatoms. The van der Waals surface area contributed by atoms with E-state index in [1.165, 1.54) is 7.11 Å². The number of esters is 3. The number of methoxy groups -OCH3 is 4. The fourth-order valence-corrected chi connectivity index (χ4v) is 7.15. The number of nitrogens with one attached hydrogen (secondary N) is 1. The summed E-state index contributed by atoms with van der Waals surface area (Å²) in [6.45, 7) is 13.3. The molecule has 0 heterocycles. The van der Waals surface area contributed by atoms with Gasteiger partial charge < -0.3 is 63.2 Å². The Bertz CT molecular complexity index is 2520. The third-order valence-corrected chi connectivity index (χ3v) is 11.4. The van der Waals surface area contributed by atoms with Crippen LogP contribution in [0.25, 0.3) is 0 Å². The van der Waals surface area contributed by atoms with Gasteiger partial charge in [-0.05, 0) is 94.1 Å². The van der Waals surface area contributed by atoms with Gasteiger partial charge in [-0.3, -0.25) is 19.2 Å². The second-order valence-electron chi connectivity index (χ2n) is 17.1. The standard InChI is InChI=1S/C31H37NO7.C18H23NO4.C11H20O4.CH4/c1-5-7-9-14-25(31(34)37-6-2)30(33)32-26-17-15-23(35-3)19-28(26)39-27-18-16-24(20-29(27)36-4)38-21-22-12-10-8-11-13-22;1-4-5-10-22-14-7-9-16(18(12-14)21-3)23-17-11-13(20-2)6-8-15(17)19;1-4-7-8-9(10(12)14-5-2)11(13)15-6-3;/h8,10-13,15-20,25H,5-7,9,14,21H2,1-4H3,(H,32,33);6-9,11-12H,4-5,10,19H2,1-3H3;9H,4-8H2,1-3H3;1H4. The van der Waals surface area contributed by atoms with Crippen molar-refractivity contribution in [3.05, 3.63) is 109 Å². The molecule has 5 aromatic carbocycles. The summed E-state index contributed by atoms with van der Waals surface area (Å²) >= 11 is 0. The molecule has 0 aliphatic heterocycles. The van der Waals surface area contributed by atoms with Gasteiger partial charge in [0, 0.05) is 24.3 Å². The van der Waals surface area contributed by atoms with Crippen molar-refractivity contribution in [1.29, 1.82) is 0 Å². The number of benzene rings is 5. The number of nitrogen functional groups attached to an aromatic ring is 1. The number of hydrogen-bond donors (Lipinski definition) is 2. The lowest BCUT2D eigenvalue weighted by Crippen LogP contribution is -2.31. The molecule has 0 bridgehead atoms. The summed E-state index contributed by atoms with van der Waals surface area (Å²) in [5.41, 5.74) is 7.90. The van der Waals surface area contributed by atoms with Crippen LogP contribution in [-0.2, 0) is 40.0 Å². The molecule has 0 aromatic heterocycles. The van der Waals surface area contributed by atoms with Gasteiger partial charge in [0.05, 0.1) is 66.2 Å². The van der Waals surface area contributed by atoms with Crippen LogP contribution >= 0.6 is 0 Å². The van der Waals surface area contributed by atoms with Crippen molar-refractivity contribution in [2.24, 2.45) is 11.8 Å². The predicted octanol–water partition coefficient (Wildman–Crippen LogP) is 13.6. The first kappa shape index (κ1) is 66.3. The van der Waals surface area contributed by atoms with E-state index in [1.807, 2.05) is 43.3 Å². The Kier molecular flexibility index (Phi) is 32.2. The molecular weight excluding hydrogens is 1000 g/mol. The van der Waals surface area contributed by atoms with E-state index in [2.05, 4.69) is 19.2 Å². The van der Waals surface area contributed by atoms with Crippen LogP contribution in [0.5, 0.6) is 57.5 Å². The van der Waals surface area contributed by atoms with Crippen LogP contribution < -0.4 is 48.9 Å². The number of carbonyl (C=O) groups is 4. The second kappa shape index (κ2) is 37.8. The molecule has 78 heavy (non-hydrogen) atoms. The molecule has 0 saturated heterocycles. The van der Waals surface area contributed by atoms with E-state index in [-0.39, 0.29) is 14.0 Å².